The molecule has 1 unspecified atom stereocenters. The number of aromatic nitrogens is 1. The molecule has 0 spiro atoms. The van der Waals surface area contributed by atoms with Crippen molar-refractivity contribution in [3.63, 3.8) is 0 Å². The first-order chi connectivity index (χ1) is 4.79. The van der Waals surface area contributed by atoms with Gasteiger partial charge in [-0.15, -0.1) is 0 Å². The van der Waals surface area contributed by atoms with E-state index in [2.05, 4.69) is 11.2 Å². The highest BCUT2D eigenvalue weighted by molar-refractivity contribution is 5.08. The third-order valence-electron chi connectivity index (χ3n) is 1.21. The molecule has 1 radical (unpaired) electrons. The smallest absolute Gasteiger partial charge is 0.0886 e. The Hall–Kier alpha value is -0.890. The Morgan fingerprint density at radius 1 is 1.80 bits per heavy atom. The van der Waals surface area contributed by atoms with Crippen LogP contribution in [-0.2, 0) is 6.42 Å². The Bertz CT molecular complexity index is 184. The molecule has 1 atom stereocenters. The average molecular weight is 136 g/mol. The highest BCUT2D eigenvalue weighted by atomic mass is 16.3. The molecule has 1 aromatic rings. The van der Waals surface area contributed by atoms with Gasteiger partial charge in [-0.1, -0.05) is 6.07 Å². The van der Waals surface area contributed by atoms with Crippen LogP contribution in [0.15, 0.2) is 18.3 Å². The average Bonchev–Trinajstić information content (AvgIpc) is 1.88. The molecule has 10 heavy (non-hydrogen) atoms. The van der Waals surface area contributed by atoms with Crippen molar-refractivity contribution in [2.24, 2.45) is 0 Å². The zero-order valence-electron chi connectivity index (χ0n) is 5.91. The standard InChI is InChI=1S/C8H10NO/c1-7(10)5-8-3-2-4-9-6-8/h2-3,6-7,10H,5H2,1H3. The zero-order chi connectivity index (χ0) is 7.40. The van der Waals surface area contributed by atoms with E-state index in [4.69, 9.17) is 5.11 Å². The summed E-state index contributed by atoms with van der Waals surface area (Å²) in [5.41, 5.74) is 1.05. The summed E-state index contributed by atoms with van der Waals surface area (Å²) in [6.07, 6.45) is 4.77. The summed E-state index contributed by atoms with van der Waals surface area (Å²) in [7, 11) is 0. The molecule has 1 rings (SSSR count). The molecule has 1 N–H and O–H groups in total. The monoisotopic (exact) mass is 136 g/mol. The van der Waals surface area contributed by atoms with E-state index in [0.29, 0.717) is 6.42 Å². The van der Waals surface area contributed by atoms with Crippen molar-refractivity contribution >= 4 is 0 Å². The van der Waals surface area contributed by atoms with Crippen molar-refractivity contribution in [2.45, 2.75) is 19.4 Å². The SMILES string of the molecule is CC(O)Cc1cc[c]nc1. The van der Waals surface area contributed by atoms with Crippen molar-refractivity contribution in [3.05, 3.63) is 30.1 Å². The van der Waals surface area contributed by atoms with Crippen molar-refractivity contribution in [3.8, 4) is 0 Å². The number of hydrogen-bond donors (Lipinski definition) is 1. The van der Waals surface area contributed by atoms with Crippen LogP contribution in [0, 0.1) is 6.20 Å². The van der Waals surface area contributed by atoms with Crippen LogP contribution in [0.5, 0.6) is 0 Å². The summed E-state index contributed by atoms with van der Waals surface area (Å²) in [6.45, 7) is 1.76. The molecular formula is C8H10NO. The Labute approximate surface area is 60.5 Å². The molecule has 0 saturated heterocycles. The van der Waals surface area contributed by atoms with Crippen molar-refractivity contribution < 1.29 is 5.11 Å². The van der Waals surface area contributed by atoms with E-state index in [9.17, 15) is 0 Å². The highest BCUT2D eigenvalue weighted by Crippen LogP contribution is 1.99. The molecule has 0 fully saturated rings. The van der Waals surface area contributed by atoms with Crippen LogP contribution in [0.25, 0.3) is 0 Å². The van der Waals surface area contributed by atoms with Gasteiger partial charge in [0.2, 0.25) is 0 Å². The molecule has 0 saturated carbocycles. The van der Waals surface area contributed by atoms with Crippen LogP contribution >= 0.6 is 0 Å². The predicted octanol–water partition coefficient (Wildman–Crippen LogP) is 0.805. The van der Waals surface area contributed by atoms with Crippen LogP contribution in [-0.4, -0.2) is 16.2 Å². The first-order valence-corrected chi connectivity index (χ1v) is 3.28. The molecule has 2 nitrogen and oxygen atoms in total. The van der Waals surface area contributed by atoms with E-state index >= 15 is 0 Å². The van der Waals surface area contributed by atoms with E-state index in [1.807, 2.05) is 6.07 Å². The van der Waals surface area contributed by atoms with Crippen molar-refractivity contribution in [1.82, 2.24) is 4.98 Å². The molecule has 0 aliphatic heterocycles. The summed E-state index contributed by atoms with van der Waals surface area (Å²) in [4.78, 5) is 3.80. The van der Waals surface area contributed by atoms with Gasteiger partial charge in [0.05, 0.1) is 12.3 Å². The lowest BCUT2D eigenvalue weighted by atomic mass is 10.1. The van der Waals surface area contributed by atoms with Crippen LogP contribution in [0.3, 0.4) is 0 Å². The van der Waals surface area contributed by atoms with E-state index in [0.717, 1.165) is 5.56 Å². The Morgan fingerprint density at radius 2 is 2.60 bits per heavy atom. The van der Waals surface area contributed by atoms with Gasteiger partial charge in [-0.05, 0) is 25.0 Å². The molecule has 0 amide bonds. The van der Waals surface area contributed by atoms with Crippen molar-refractivity contribution in [1.29, 1.82) is 0 Å². The van der Waals surface area contributed by atoms with E-state index in [1.54, 1.807) is 19.2 Å². The number of nitrogens with zero attached hydrogens (tertiary/aromatic N) is 1. The molecule has 2 heteroatoms. The maximum atomic E-state index is 8.97. The van der Waals surface area contributed by atoms with Crippen LogP contribution in [0.2, 0.25) is 0 Å². The number of hydrogen-bond acceptors (Lipinski definition) is 2. The number of pyridine rings is 1. The second-order valence-corrected chi connectivity index (χ2v) is 2.35. The van der Waals surface area contributed by atoms with Gasteiger partial charge in [-0.3, -0.25) is 4.98 Å². The largest absolute Gasteiger partial charge is 0.393 e. The lowest BCUT2D eigenvalue weighted by molar-refractivity contribution is 0.195. The summed E-state index contributed by atoms with van der Waals surface area (Å²) >= 11 is 0. The summed E-state index contributed by atoms with van der Waals surface area (Å²) in [5, 5.41) is 8.97. The molecule has 0 bridgehead atoms. The van der Waals surface area contributed by atoms with E-state index in [1.165, 1.54) is 0 Å². The molecule has 1 aromatic heterocycles. The Balaban J connectivity index is 2.59. The topological polar surface area (TPSA) is 33.1 Å². The number of rotatable bonds is 2. The first-order valence-electron chi connectivity index (χ1n) is 3.28. The minimum Gasteiger partial charge on any atom is -0.393 e. The number of aliphatic hydroxyl groups excluding tert-OH is 1. The minimum atomic E-state index is -0.288. The second kappa shape index (κ2) is 3.32. The normalized spacial score (nSPS) is 13.0. The summed E-state index contributed by atoms with van der Waals surface area (Å²) < 4.78 is 0. The maximum absolute atomic E-state index is 8.97. The van der Waals surface area contributed by atoms with E-state index < -0.39 is 0 Å². The molecule has 53 valence electrons. The first kappa shape index (κ1) is 7.22. The van der Waals surface area contributed by atoms with Gasteiger partial charge < -0.3 is 5.11 Å². The third kappa shape index (κ3) is 2.15. The molecule has 0 aliphatic carbocycles. The van der Waals surface area contributed by atoms with Gasteiger partial charge in [0.1, 0.15) is 0 Å². The zero-order valence-corrected chi connectivity index (χ0v) is 5.91. The minimum absolute atomic E-state index is 0.288. The fourth-order valence-electron chi connectivity index (χ4n) is 0.812. The maximum Gasteiger partial charge on any atom is 0.0886 e. The fraction of sp³-hybridized carbons (Fsp3) is 0.375. The summed E-state index contributed by atoms with van der Waals surface area (Å²) in [6, 6.07) is 3.65. The quantitative estimate of drug-likeness (QED) is 0.652. The third-order valence-corrected chi connectivity index (χ3v) is 1.21. The van der Waals surface area contributed by atoms with Gasteiger partial charge in [-0.25, -0.2) is 0 Å². The lowest BCUT2D eigenvalue weighted by Gasteiger charge is -2.01. The fourth-order valence-corrected chi connectivity index (χ4v) is 0.812. The van der Waals surface area contributed by atoms with Crippen LogP contribution < -0.4 is 0 Å². The van der Waals surface area contributed by atoms with Gasteiger partial charge in [-0.2, -0.15) is 0 Å². The second-order valence-electron chi connectivity index (χ2n) is 2.35. The molecule has 0 aromatic carbocycles. The lowest BCUT2D eigenvalue weighted by Crippen LogP contribution is -2.03. The van der Waals surface area contributed by atoms with E-state index in [-0.39, 0.29) is 6.10 Å². The van der Waals surface area contributed by atoms with Crippen molar-refractivity contribution in [2.75, 3.05) is 0 Å². The van der Waals surface area contributed by atoms with Crippen LogP contribution in [0.1, 0.15) is 12.5 Å². The van der Waals surface area contributed by atoms with Gasteiger partial charge >= 0.3 is 0 Å². The van der Waals surface area contributed by atoms with Gasteiger partial charge in [0.25, 0.3) is 0 Å². The Morgan fingerprint density at radius 3 is 3.10 bits per heavy atom. The number of aliphatic hydroxyl groups is 1. The predicted molar refractivity (Wildman–Crippen MR) is 38.5 cm³/mol. The van der Waals surface area contributed by atoms with Crippen LogP contribution in [0.4, 0.5) is 0 Å². The van der Waals surface area contributed by atoms with Gasteiger partial charge in [0, 0.05) is 6.20 Å². The molecule has 0 aliphatic rings. The highest BCUT2D eigenvalue weighted by Gasteiger charge is 1.96. The van der Waals surface area contributed by atoms with Gasteiger partial charge in [0.15, 0.2) is 0 Å². The molecule has 1 heterocycles. The molecular weight excluding hydrogens is 126 g/mol. The summed E-state index contributed by atoms with van der Waals surface area (Å²) in [5.74, 6) is 0. The Kier molecular flexibility index (Phi) is 2.40.